The summed E-state index contributed by atoms with van der Waals surface area (Å²) in [4.78, 5) is 11.2. The molecule has 1 aromatic heterocycles. The smallest absolute Gasteiger partial charge is 0.207 e. The number of halogens is 1. The third kappa shape index (κ3) is 4.66. The lowest BCUT2D eigenvalue weighted by molar-refractivity contribution is 0.472. The Hall–Kier alpha value is -1.64. The van der Waals surface area contributed by atoms with Crippen molar-refractivity contribution in [3.05, 3.63) is 56.9 Å². The minimum Gasteiger partial charge on any atom is -0.207 e. The van der Waals surface area contributed by atoms with Gasteiger partial charge in [0.1, 0.15) is 5.82 Å². The molecule has 2 rings (SSSR count). The Kier molecular flexibility index (Phi) is 5.97. The molecule has 5 nitrogen and oxygen atoms in total. The molecule has 0 saturated carbocycles. The largest absolute Gasteiger partial charge is 0.243 e. The van der Waals surface area contributed by atoms with Gasteiger partial charge >= 0.3 is 0 Å². The number of thiophene rings is 1. The van der Waals surface area contributed by atoms with E-state index >= 15 is 0 Å². The van der Waals surface area contributed by atoms with Crippen LogP contribution in [0, 0.1) is 10.7 Å². The van der Waals surface area contributed by atoms with E-state index in [1.807, 2.05) is 0 Å². The predicted octanol–water partition coefficient (Wildman–Crippen LogP) is 3.06. The number of hydrogen-bond acceptors (Lipinski definition) is 5. The van der Waals surface area contributed by atoms with Crippen LogP contribution < -0.4 is 0 Å². The first-order valence-electron chi connectivity index (χ1n) is 7.01. The summed E-state index contributed by atoms with van der Waals surface area (Å²) in [7, 11) is -2.04. The van der Waals surface area contributed by atoms with Gasteiger partial charge in [0.15, 0.2) is 0 Å². The van der Waals surface area contributed by atoms with Crippen LogP contribution in [0.4, 0.5) is 4.39 Å². The molecular formula is C15H17FN2O3S2. The van der Waals surface area contributed by atoms with E-state index < -0.39 is 10.0 Å². The molecule has 0 spiro atoms. The average Bonchev–Trinajstić information content (AvgIpc) is 3.01. The molecule has 1 aromatic carbocycles. The average molecular weight is 356 g/mol. The van der Waals surface area contributed by atoms with Gasteiger partial charge in [0, 0.05) is 30.3 Å². The van der Waals surface area contributed by atoms with E-state index in [1.165, 1.54) is 34.8 Å². The summed E-state index contributed by atoms with van der Waals surface area (Å²) in [6, 6.07) is 7.58. The molecule has 0 unspecified atom stereocenters. The minimum absolute atomic E-state index is 0.139. The maximum Gasteiger partial charge on any atom is 0.243 e. The molecule has 0 aliphatic heterocycles. The van der Waals surface area contributed by atoms with Gasteiger partial charge in [0.25, 0.3) is 0 Å². The van der Waals surface area contributed by atoms with Crippen molar-refractivity contribution in [2.45, 2.75) is 17.7 Å². The molecule has 0 radical (unpaired) electrons. The van der Waals surface area contributed by atoms with Gasteiger partial charge in [-0.25, -0.2) is 17.1 Å². The Bertz CT molecular complexity index is 757. The molecule has 1 heterocycles. The SMILES string of the molecule is CN(CCc1ccc(F)cc1)S(=O)(=O)c1csc(CCN=O)c1. The van der Waals surface area contributed by atoms with Gasteiger partial charge in [-0.05, 0) is 30.2 Å². The highest BCUT2D eigenvalue weighted by Gasteiger charge is 2.22. The Balaban J connectivity index is 2.01. The van der Waals surface area contributed by atoms with Crippen LogP contribution in [0.3, 0.4) is 0 Å². The lowest BCUT2D eigenvalue weighted by Crippen LogP contribution is -2.28. The normalized spacial score (nSPS) is 11.8. The first kappa shape index (κ1) is 17.7. The molecule has 124 valence electrons. The van der Waals surface area contributed by atoms with Crippen LogP contribution in [-0.4, -0.2) is 32.9 Å². The number of nitroso groups, excluding NO2 is 1. The lowest BCUT2D eigenvalue weighted by atomic mass is 10.1. The fraction of sp³-hybridized carbons (Fsp3) is 0.333. The van der Waals surface area contributed by atoms with Crippen molar-refractivity contribution in [3.8, 4) is 0 Å². The van der Waals surface area contributed by atoms with Crippen LogP contribution in [0.1, 0.15) is 10.4 Å². The van der Waals surface area contributed by atoms with Crippen LogP contribution in [0.25, 0.3) is 0 Å². The number of benzene rings is 1. The van der Waals surface area contributed by atoms with E-state index in [-0.39, 0.29) is 17.3 Å². The molecular weight excluding hydrogens is 339 g/mol. The van der Waals surface area contributed by atoms with E-state index in [4.69, 9.17) is 0 Å². The molecule has 0 bridgehead atoms. The maximum atomic E-state index is 12.9. The predicted molar refractivity (Wildman–Crippen MR) is 88.6 cm³/mol. The molecule has 0 fully saturated rings. The standard InChI is InChI=1S/C15H17FN2O3S2/c1-18(9-7-12-2-4-13(16)5-3-12)23(20,21)15-10-14(22-11-15)6-8-17-19/h2-5,10-11H,6-9H2,1H3. The third-order valence-corrected chi connectivity index (χ3v) is 6.40. The summed E-state index contributed by atoms with van der Waals surface area (Å²) >= 11 is 1.30. The summed E-state index contributed by atoms with van der Waals surface area (Å²) < 4.78 is 39.1. The number of likely N-dealkylation sites (N-methyl/N-ethyl adjacent to an activating group) is 1. The van der Waals surface area contributed by atoms with Crippen molar-refractivity contribution >= 4 is 21.4 Å². The molecule has 0 aliphatic rings. The molecule has 0 saturated heterocycles. The zero-order valence-electron chi connectivity index (χ0n) is 12.6. The second kappa shape index (κ2) is 7.76. The van der Waals surface area contributed by atoms with Crippen molar-refractivity contribution in [2.24, 2.45) is 5.18 Å². The first-order chi connectivity index (χ1) is 10.9. The summed E-state index contributed by atoms with van der Waals surface area (Å²) in [6.07, 6.45) is 0.949. The molecule has 0 amide bonds. The van der Waals surface area contributed by atoms with Gasteiger partial charge in [0.2, 0.25) is 10.0 Å². The van der Waals surface area contributed by atoms with Gasteiger partial charge < -0.3 is 0 Å². The fourth-order valence-corrected chi connectivity index (χ4v) is 4.45. The monoisotopic (exact) mass is 356 g/mol. The lowest BCUT2D eigenvalue weighted by Gasteiger charge is -2.16. The Morgan fingerprint density at radius 3 is 2.57 bits per heavy atom. The van der Waals surface area contributed by atoms with Crippen LogP contribution in [0.5, 0.6) is 0 Å². The number of hydrogen-bond donors (Lipinski definition) is 0. The summed E-state index contributed by atoms with van der Waals surface area (Å²) in [5.41, 5.74) is 0.872. The van der Waals surface area contributed by atoms with Crippen LogP contribution in [0.2, 0.25) is 0 Å². The zero-order valence-corrected chi connectivity index (χ0v) is 14.2. The molecule has 0 N–H and O–H groups in total. The zero-order chi connectivity index (χ0) is 16.9. The van der Waals surface area contributed by atoms with E-state index in [2.05, 4.69) is 5.18 Å². The van der Waals surface area contributed by atoms with Crippen molar-refractivity contribution in [1.29, 1.82) is 0 Å². The van der Waals surface area contributed by atoms with Crippen molar-refractivity contribution < 1.29 is 12.8 Å². The van der Waals surface area contributed by atoms with E-state index in [1.54, 1.807) is 23.6 Å². The third-order valence-electron chi connectivity index (χ3n) is 3.42. The molecule has 2 aromatic rings. The van der Waals surface area contributed by atoms with Crippen molar-refractivity contribution in [2.75, 3.05) is 20.1 Å². The van der Waals surface area contributed by atoms with Crippen LogP contribution >= 0.6 is 11.3 Å². The first-order valence-corrected chi connectivity index (χ1v) is 9.33. The van der Waals surface area contributed by atoms with Gasteiger partial charge in [-0.1, -0.05) is 17.3 Å². The second-order valence-electron chi connectivity index (χ2n) is 5.05. The van der Waals surface area contributed by atoms with E-state index in [9.17, 15) is 17.7 Å². The van der Waals surface area contributed by atoms with Crippen molar-refractivity contribution in [1.82, 2.24) is 4.31 Å². The van der Waals surface area contributed by atoms with Crippen molar-refractivity contribution in [3.63, 3.8) is 0 Å². The van der Waals surface area contributed by atoms with Gasteiger partial charge in [0.05, 0.1) is 11.4 Å². The second-order valence-corrected chi connectivity index (χ2v) is 8.10. The summed E-state index contributed by atoms with van der Waals surface area (Å²) in [5, 5.41) is 4.35. The van der Waals surface area contributed by atoms with Gasteiger partial charge in [-0.2, -0.15) is 4.91 Å². The number of rotatable bonds is 8. The van der Waals surface area contributed by atoms with E-state index in [0.717, 1.165) is 10.4 Å². The molecule has 0 atom stereocenters. The number of nitrogens with zero attached hydrogens (tertiary/aromatic N) is 2. The topological polar surface area (TPSA) is 66.8 Å². The van der Waals surface area contributed by atoms with Gasteiger partial charge in [-0.3, -0.25) is 0 Å². The molecule has 0 aliphatic carbocycles. The highest BCUT2D eigenvalue weighted by Crippen LogP contribution is 2.22. The summed E-state index contributed by atoms with van der Waals surface area (Å²) in [5.74, 6) is -0.314. The van der Waals surface area contributed by atoms with Crippen LogP contribution in [-0.2, 0) is 22.9 Å². The highest BCUT2D eigenvalue weighted by molar-refractivity contribution is 7.89. The minimum atomic E-state index is -3.56. The molecule has 23 heavy (non-hydrogen) atoms. The van der Waals surface area contributed by atoms with Crippen LogP contribution in [0.15, 0.2) is 45.8 Å². The maximum absolute atomic E-state index is 12.9. The number of sulfonamides is 1. The van der Waals surface area contributed by atoms with Gasteiger partial charge in [-0.15, -0.1) is 11.3 Å². The Morgan fingerprint density at radius 1 is 1.22 bits per heavy atom. The highest BCUT2D eigenvalue weighted by atomic mass is 32.2. The summed E-state index contributed by atoms with van der Waals surface area (Å²) in [6.45, 7) is 0.440. The Labute approximate surface area is 138 Å². The Morgan fingerprint density at radius 2 is 1.91 bits per heavy atom. The molecule has 8 heteroatoms. The van der Waals surface area contributed by atoms with E-state index in [0.29, 0.717) is 19.4 Å². The fourth-order valence-electron chi connectivity index (χ4n) is 2.02. The quantitative estimate of drug-likeness (QED) is 0.683.